The Bertz CT molecular complexity index is 1080. The molecule has 8 nitrogen and oxygen atoms in total. The average Bonchev–Trinajstić information content (AvgIpc) is 2.92. The minimum absolute atomic E-state index is 0.00206. The molecule has 1 aromatic carbocycles. The van der Waals surface area contributed by atoms with Gasteiger partial charge in [-0.3, -0.25) is 19.0 Å². The van der Waals surface area contributed by atoms with Crippen molar-refractivity contribution in [2.24, 2.45) is 5.92 Å². The van der Waals surface area contributed by atoms with Gasteiger partial charge in [-0.2, -0.15) is 0 Å². The van der Waals surface area contributed by atoms with E-state index in [0.717, 1.165) is 5.56 Å². The Morgan fingerprint density at radius 3 is 2.52 bits per heavy atom. The molecule has 2 aromatic rings. The third kappa shape index (κ3) is 5.65. The number of aryl methyl sites for hydroxylation is 1. The first-order valence-corrected chi connectivity index (χ1v) is 11.2. The maximum Gasteiger partial charge on any atom is 0.296 e. The van der Waals surface area contributed by atoms with E-state index in [0.29, 0.717) is 38.4 Å². The van der Waals surface area contributed by atoms with Crippen LogP contribution >= 0.6 is 0 Å². The number of hydrogen-bond donors (Lipinski definition) is 1. The fourth-order valence-corrected chi connectivity index (χ4v) is 4.10. The lowest BCUT2D eigenvalue weighted by atomic mass is 10.0. The minimum atomic E-state index is -0.682. The van der Waals surface area contributed by atoms with Crippen molar-refractivity contribution >= 4 is 11.7 Å². The first-order chi connectivity index (χ1) is 15.6. The van der Waals surface area contributed by atoms with Crippen LogP contribution in [0.4, 0.5) is 4.39 Å². The smallest absolute Gasteiger partial charge is 0.296 e. The summed E-state index contributed by atoms with van der Waals surface area (Å²) in [6.07, 6.45) is 0.319. The Morgan fingerprint density at radius 1 is 1.24 bits per heavy atom. The van der Waals surface area contributed by atoms with Crippen molar-refractivity contribution in [2.75, 3.05) is 26.7 Å². The number of hydrogen-bond acceptors (Lipinski definition) is 6. The molecular weight excluding hydrogens is 427 g/mol. The van der Waals surface area contributed by atoms with E-state index in [9.17, 15) is 23.9 Å². The van der Waals surface area contributed by atoms with Gasteiger partial charge in [-0.05, 0) is 37.1 Å². The van der Waals surface area contributed by atoms with Crippen LogP contribution in [-0.2, 0) is 17.8 Å². The summed E-state index contributed by atoms with van der Waals surface area (Å²) >= 11 is 0. The zero-order valence-corrected chi connectivity index (χ0v) is 19.5. The third-order valence-electron chi connectivity index (χ3n) is 5.82. The van der Waals surface area contributed by atoms with Crippen LogP contribution in [0.2, 0.25) is 0 Å². The van der Waals surface area contributed by atoms with Gasteiger partial charge in [0.25, 0.3) is 5.56 Å². The van der Waals surface area contributed by atoms with Crippen LogP contribution < -0.4 is 5.56 Å². The van der Waals surface area contributed by atoms with Crippen LogP contribution in [0.1, 0.15) is 55.1 Å². The number of carbonyl (C=O) groups excluding carboxylic acids is 2. The summed E-state index contributed by atoms with van der Waals surface area (Å²) in [7, 11) is 1.90. The SMILES string of the molecule is CC(=O)N(CC(C)C)C1CN(C)CCn2c1nc(C(=O)CCc1ccc(F)cc1)c(O)c2=O. The fourth-order valence-electron chi connectivity index (χ4n) is 4.10. The second-order valence-corrected chi connectivity index (χ2v) is 9.02. The summed E-state index contributed by atoms with van der Waals surface area (Å²) in [5.41, 5.74) is -0.204. The third-order valence-corrected chi connectivity index (χ3v) is 5.82. The highest BCUT2D eigenvalue weighted by atomic mass is 19.1. The topological polar surface area (TPSA) is 95.7 Å². The molecule has 0 fully saturated rings. The summed E-state index contributed by atoms with van der Waals surface area (Å²) in [6.45, 7) is 7.22. The molecule has 0 saturated heterocycles. The van der Waals surface area contributed by atoms with Gasteiger partial charge in [-0.1, -0.05) is 26.0 Å². The quantitative estimate of drug-likeness (QED) is 0.640. The van der Waals surface area contributed by atoms with Gasteiger partial charge in [-0.25, -0.2) is 9.37 Å². The van der Waals surface area contributed by atoms with Gasteiger partial charge >= 0.3 is 0 Å². The van der Waals surface area contributed by atoms with Crippen molar-refractivity contribution in [3.05, 3.63) is 57.5 Å². The zero-order chi connectivity index (χ0) is 24.3. The number of benzene rings is 1. The number of aromatic nitrogens is 2. The Labute approximate surface area is 192 Å². The van der Waals surface area contributed by atoms with E-state index in [2.05, 4.69) is 4.98 Å². The molecule has 0 bridgehead atoms. The van der Waals surface area contributed by atoms with Gasteiger partial charge in [0.2, 0.25) is 11.7 Å². The number of aromatic hydroxyl groups is 1. The van der Waals surface area contributed by atoms with Crippen LogP contribution in [-0.4, -0.2) is 62.8 Å². The number of ketones is 1. The lowest BCUT2D eigenvalue weighted by Gasteiger charge is -2.33. The number of halogens is 1. The summed E-state index contributed by atoms with van der Waals surface area (Å²) in [5.74, 6) is -1.17. The van der Waals surface area contributed by atoms with E-state index in [1.807, 2.05) is 25.8 Å². The van der Waals surface area contributed by atoms with Crippen molar-refractivity contribution < 1.29 is 19.1 Å². The normalized spacial score (nSPS) is 16.4. The first-order valence-electron chi connectivity index (χ1n) is 11.2. The molecule has 33 heavy (non-hydrogen) atoms. The van der Waals surface area contributed by atoms with Gasteiger partial charge in [-0.15, -0.1) is 0 Å². The number of nitrogens with zero attached hydrogens (tertiary/aromatic N) is 4. The van der Waals surface area contributed by atoms with E-state index in [1.54, 1.807) is 17.0 Å². The average molecular weight is 459 g/mol. The number of carbonyl (C=O) groups is 2. The highest BCUT2D eigenvalue weighted by molar-refractivity contribution is 5.96. The molecule has 0 aliphatic carbocycles. The van der Waals surface area contributed by atoms with E-state index < -0.39 is 23.1 Å². The lowest BCUT2D eigenvalue weighted by Crippen LogP contribution is -2.42. The monoisotopic (exact) mass is 458 g/mol. The lowest BCUT2D eigenvalue weighted by molar-refractivity contribution is -0.132. The van der Waals surface area contributed by atoms with Crippen molar-refractivity contribution in [1.82, 2.24) is 19.4 Å². The zero-order valence-electron chi connectivity index (χ0n) is 19.5. The molecule has 1 aliphatic rings. The fraction of sp³-hybridized carbons (Fsp3) is 0.500. The Morgan fingerprint density at radius 2 is 1.91 bits per heavy atom. The predicted molar refractivity (Wildman–Crippen MR) is 122 cm³/mol. The van der Waals surface area contributed by atoms with E-state index in [1.165, 1.54) is 23.6 Å². The number of Topliss-reactive ketones (excluding diaryl/α,β-unsaturated/α-hetero) is 1. The van der Waals surface area contributed by atoms with Crippen LogP contribution in [0, 0.1) is 11.7 Å². The second kappa shape index (κ2) is 10.2. The summed E-state index contributed by atoms with van der Waals surface area (Å²) in [6, 6.07) is 5.27. The van der Waals surface area contributed by atoms with Crippen molar-refractivity contribution in [2.45, 2.75) is 46.2 Å². The molecule has 0 spiro atoms. The number of rotatable bonds is 7. The van der Waals surface area contributed by atoms with Crippen LogP contribution in [0.5, 0.6) is 5.75 Å². The van der Waals surface area contributed by atoms with Crippen molar-refractivity contribution in [3.63, 3.8) is 0 Å². The molecule has 2 heterocycles. The Balaban J connectivity index is 2.00. The number of fused-ring (bicyclic) bond motifs is 1. The Kier molecular flexibility index (Phi) is 7.63. The molecule has 3 rings (SSSR count). The van der Waals surface area contributed by atoms with Gasteiger partial charge in [0.05, 0.1) is 0 Å². The van der Waals surface area contributed by atoms with Gasteiger partial charge < -0.3 is 14.9 Å². The van der Waals surface area contributed by atoms with E-state index in [4.69, 9.17) is 0 Å². The van der Waals surface area contributed by atoms with Crippen LogP contribution in [0.3, 0.4) is 0 Å². The molecule has 1 N–H and O–H groups in total. The first kappa shape index (κ1) is 24.6. The highest BCUT2D eigenvalue weighted by Gasteiger charge is 2.33. The molecule has 1 atom stereocenters. The molecule has 1 amide bonds. The molecule has 1 aliphatic heterocycles. The van der Waals surface area contributed by atoms with Crippen molar-refractivity contribution in [3.8, 4) is 5.75 Å². The largest absolute Gasteiger partial charge is 0.501 e. The Hall–Kier alpha value is -3.07. The summed E-state index contributed by atoms with van der Waals surface area (Å²) in [4.78, 5) is 46.6. The molecule has 0 radical (unpaired) electrons. The van der Waals surface area contributed by atoms with Gasteiger partial charge in [0.15, 0.2) is 11.5 Å². The molecule has 178 valence electrons. The summed E-state index contributed by atoms with van der Waals surface area (Å²) < 4.78 is 14.5. The maximum atomic E-state index is 13.1. The van der Waals surface area contributed by atoms with Crippen LogP contribution in [0.15, 0.2) is 29.1 Å². The molecular formula is C24H31FN4O4. The maximum absolute atomic E-state index is 13.1. The molecule has 9 heteroatoms. The minimum Gasteiger partial charge on any atom is -0.501 e. The van der Waals surface area contributed by atoms with Crippen LogP contribution in [0.25, 0.3) is 0 Å². The van der Waals surface area contributed by atoms with Gasteiger partial charge in [0, 0.05) is 39.5 Å². The van der Waals surface area contributed by atoms with E-state index in [-0.39, 0.29) is 29.8 Å². The number of likely N-dealkylation sites (N-methyl/N-ethyl adjacent to an activating group) is 1. The molecule has 1 unspecified atom stereocenters. The van der Waals surface area contributed by atoms with Crippen molar-refractivity contribution in [1.29, 1.82) is 0 Å². The molecule has 0 saturated carbocycles. The standard InChI is InChI=1S/C24H31FN4O4/c1-15(2)13-29(16(3)30)19-14-27(4)11-12-28-23(19)26-21(22(32)24(28)33)20(31)10-7-17-5-8-18(25)9-6-17/h5-6,8-9,15,19,32H,7,10-14H2,1-4H3. The number of amides is 1. The molecule has 1 aromatic heterocycles. The van der Waals surface area contributed by atoms with E-state index >= 15 is 0 Å². The van der Waals surface area contributed by atoms with Gasteiger partial charge in [0.1, 0.15) is 17.7 Å². The summed E-state index contributed by atoms with van der Waals surface area (Å²) in [5, 5.41) is 10.5. The predicted octanol–water partition coefficient (Wildman–Crippen LogP) is 2.39. The highest BCUT2D eigenvalue weighted by Crippen LogP contribution is 2.26. The second-order valence-electron chi connectivity index (χ2n) is 9.02.